The van der Waals surface area contributed by atoms with Gasteiger partial charge in [-0.25, -0.2) is 0 Å². The molecular weight excluding hydrogens is 354 g/mol. The molecule has 5 nitrogen and oxygen atoms in total. The summed E-state index contributed by atoms with van der Waals surface area (Å²) in [6.07, 6.45) is 2.48. The zero-order chi connectivity index (χ0) is 20.4. The van der Waals surface area contributed by atoms with Crippen LogP contribution in [0.4, 0.5) is 0 Å². The molecule has 2 aromatic carbocycles. The van der Waals surface area contributed by atoms with Crippen molar-refractivity contribution in [3.63, 3.8) is 0 Å². The number of hydrogen-bond acceptors (Lipinski definition) is 4. The number of hydrogen-bond donors (Lipinski definition) is 1. The lowest BCUT2D eigenvalue weighted by molar-refractivity contribution is -0.127. The van der Waals surface area contributed by atoms with Crippen LogP contribution in [0.25, 0.3) is 0 Å². The van der Waals surface area contributed by atoms with E-state index in [0.717, 1.165) is 30.6 Å². The van der Waals surface area contributed by atoms with E-state index in [9.17, 15) is 4.79 Å². The zero-order valence-electron chi connectivity index (χ0n) is 17.3. The summed E-state index contributed by atoms with van der Waals surface area (Å²) in [6.45, 7) is 7.03. The van der Waals surface area contributed by atoms with Gasteiger partial charge in [-0.3, -0.25) is 4.79 Å². The number of nitrogens with one attached hydrogen (secondary N) is 1. The first-order valence-electron chi connectivity index (χ1n) is 9.90. The van der Waals surface area contributed by atoms with Crippen molar-refractivity contribution < 1.29 is 19.0 Å². The minimum Gasteiger partial charge on any atom is -0.493 e. The van der Waals surface area contributed by atoms with Crippen LogP contribution in [0.2, 0.25) is 0 Å². The van der Waals surface area contributed by atoms with Crippen molar-refractivity contribution >= 4 is 5.91 Å². The summed E-state index contributed by atoms with van der Waals surface area (Å²) < 4.78 is 16.9. The molecule has 1 amide bonds. The smallest absolute Gasteiger partial charge is 0.261 e. The topological polar surface area (TPSA) is 56.8 Å². The summed E-state index contributed by atoms with van der Waals surface area (Å²) in [6, 6.07) is 13.5. The highest BCUT2D eigenvalue weighted by Gasteiger charge is 2.15. The number of aryl methyl sites for hydroxylation is 1. The molecule has 0 saturated heterocycles. The second-order valence-corrected chi connectivity index (χ2v) is 6.66. The van der Waals surface area contributed by atoms with Crippen LogP contribution in [0.3, 0.4) is 0 Å². The third-order valence-corrected chi connectivity index (χ3v) is 4.46. The maximum atomic E-state index is 12.3. The fourth-order valence-corrected chi connectivity index (χ4v) is 2.66. The lowest BCUT2D eigenvalue weighted by Gasteiger charge is -2.16. The molecule has 2 aromatic rings. The molecule has 0 bridgehead atoms. The molecule has 2 rings (SSSR count). The second kappa shape index (κ2) is 11.2. The third-order valence-electron chi connectivity index (χ3n) is 4.46. The summed E-state index contributed by atoms with van der Waals surface area (Å²) in [4.78, 5) is 12.3. The van der Waals surface area contributed by atoms with Crippen LogP contribution in [-0.2, 0) is 17.8 Å². The van der Waals surface area contributed by atoms with E-state index in [-0.39, 0.29) is 5.91 Å². The van der Waals surface area contributed by atoms with Crippen molar-refractivity contribution in [3.8, 4) is 17.2 Å². The number of carbonyl (C=O) groups is 1. The summed E-state index contributed by atoms with van der Waals surface area (Å²) in [5, 5.41) is 2.90. The molecule has 1 N–H and O–H groups in total. The number of benzene rings is 2. The Kier molecular flexibility index (Phi) is 8.66. The maximum absolute atomic E-state index is 12.3. The Labute approximate surface area is 168 Å². The largest absolute Gasteiger partial charge is 0.493 e. The van der Waals surface area contributed by atoms with E-state index in [1.165, 1.54) is 5.56 Å². The number of unbranched alkanes of at least 4 members (excludes halogenated alkanes) is 1. The highest BCUT2D eigenvalue weighted by Crippen LogP contribution is 2.28. The summed E-state index contributed by atoms with van der Waals surface area (Å²) >= 11 is 0. The minimum atomic E-state index is -0.578. The van der Waals surface area contributed by atoms with E-state index < -0.39 is 6.10 Å². The average Bonchev–Trinajstić information content (AvgIpc) is 2.73. The normalized spacial score (nSPS) is 11.6. The highest BCUT2D eigenvalue weighted by molar-refractivity contribution is 5.80. The molecule has 0 radical (unpaired) electrons. The van der Waals surface area contributed by atoms with Crippen molar-refractivity contribution in [2.45, 2.75) is 52.7 Å². The van der Waals surface area contributed by atoms with Crippen molar-refractivity contribution in [2.75, 3.05) is 13.7 Å². The van der Waals surface area contributed by atoms with Crippen LogP contribution in [0, 0.1) is 0 Å². The van der Waals surface area contributed by atoms with Gasteiger partial charge in [0, 0.05) is 6.54 Å². The molecule has 0 aliphatic rings. The molecule has 0 heterocycles. The third kappa shape index (κ3) is 6.48. The first kappa shape index (κ1) is 21.6. The quantitative estimate of drug-likeness (QED) is 0.578. The van der Waals surface area contributed by atoms with Crippen LogP contribution >= 0.6 is 0 Å². The minimum absolute atomic E-state index is 0.165. The Morgan fingerprint density at radius 1 is 1.04 bits per heavy atom. The predicted octanol–water partition coefficient (Wildman–Crippen LogP) is 4.52. The van der Waals surface area contributed by atoms with Gasteiger partial charge in [0.15, 0.2) is 17.6 Å². The second-order valence-electron chi connectivity index (χ2n) is 6.66. The van der Waals surface area contributed by atoms with Gasteiger partial charge in [0.2, 0.25) is 0 Å². The van der Waals surface area contributed by atoms with Gasteiger partial charge in [0.1, 0.15) is 5.75 Å². The van der Waals surface area contributed by atoms with E-state index in [1.807, 2.05) is 42.5 Å². The SMILES string of the molecule is CCCCOc1ccc(CNC(=O)C(C)Oc2ccc(CC)cc2)cc1OC. The Hall–Kier alpha value is -2.69. The van der Waals surface area contributed by atoms with Crippen molar-refractivity contribution in [2.24, 2.45) is 0 Å². The van der Waals surface area contributed by atoms with Gasteiger partial charge < -0.3 is 19.5 Å². The standard InChI is InChI=1S/C23H31NO4/c1-5-7-14-27-21-13-10-19(15-22(21)26-4)16-24-23(25)17(3)28-20-11-8-18(6-2)9-12-20/h8-13,15,17H,5-7,14,16H2,1-4H3,(H,24,25). The Balaban J connectivity index is 1.88. The van der Waals surface area contributed by atoms with Crippen molar-refractivity contribution in [1.82, 2.24) is 5.32 Å². The maximum Gasteiger partial charge on any atom is 0.261 e. The molecule has 0 aliphatic carbocycles. The molecular formula is C23H31NO4. The van der Waals surface area contributed by atoms with Crippen molar-refractivity contribution in [1.29, 1.82) is 0 Å². The monoisotopic (exact) mass is 385 g/mol. The Morgan fingerprint density at radius 2 is 1.75 bits per heavy atom. The van der Waals surface area contributed by atoms with Gasteiger partial charge in [-0.05, 0) is 55.2 Å². The fraction of sp³-hybridized carbons (Fsp3) is 0.435. The number of rotatable bonds is 11. The van der Waals surface area contributed by atoms with Crippen molar-refractivity contribution in [3.05, 3.63) is 53.6 Å². The van der Waals surface area contributed by atoms with Crippen LogP contribution in [0.5, 0.6) is 17.2 Å². The summed E-state index contributed by atoms with van der Waals surface area (Å²) in [5.41, 5.74) is 2.17. The molecule has 28 heavy (non-hydrogen) atoms. The average molecular weight is 386 g/mol. The number of methoxy groups -OCH3 is 1. The number of carbonyl (C=O) groups excluding carboxylic acids is 1. The van der Waals surface area contributed by atoms with Gasteiger partial charge in [-0.2, -0.15) is 0 Å². The molecule has 1 unspecified atom stereocenters. The number of amides is 1. The van der Waals surface area contributed by atoms with Crippen LogP contribution in [0.1, 0.15) is 44.7 Å². The molecule has 1 atom stereocenters. The molecule has 0 fully saturated rings. The van der Waals surface area contributed by atoms with E-state index in [0.29, 0.717) is 24.7 Å². The van der Waals surface area contributed by atoms with E-state index in [1.54, 1.807) is 14.0 Å². The first-order valence-corrected chi connectivity index (χ1v) is 9.90. The van der Waals surface area contributed by atoms with Crippen LogP contribution < -0.4 is 19.5 Å². The number of ether oxygens (including phenoxy) is 3. The molecule has 152 valence electrons. The van der Waals surface area contributed by atoms with E-state index >= 15 is 0 Å². The van der Waals surface area contributed by atoms with Gasteiger partial charge in [0.25, 0.3) is 5.91 Å². The predicted molar refractivity (Wildman–Crippen MR) is 111 cm³/mol. The molecule has 0 spiro atoms. The van der Waals surface area contributed by atoms with Gasteiger partial charge in [0.05, 0.1) is 13.7 Å². The molecule has 0 aliphatic heterocycles. The fourth-order valence-electron chi connectivity index (χ4n) is 2.66. The molecule has 5 heteroatoms. The van der Waals surface area contributed by atoms with Crippen LogP contribution in [0.15, 0.2) is 42.5 Å². The molecule has 0 aromatic heterocycles. The zero-order valence-corrected chi connectivity index (χ0v) is 17.3. The first-order chi connectivity index (χ1) is 13.6. The van der Waals surface area contributed by atoms with Crippen LogP contribution in [-0.4, -0.2) is 25.7 Å². The Morgan fingerprint density at radius 3 is 2.39 bits per heavy atom. The van der Waals surface area contributed by atoms with E-state index in [2.05, 4.69) is 19.2 Å². The highest BCUT2D eigenvalue weighted by atomic mass is 16.5. The molecule has 0 saturated carbocycles. The Bertz CT molecular complexity index is 743. The summed E-state index contributed by atoms with van der Waals surface area (Å²) in [7, 11) is 1.62. The van der Waals surface area contributed by atoms with Gasteiger partial charge in [-0.15, -0.1) is 0 Å². The van der Waals surface area contributed by atoms with Gasteiger partial charge in [-0.1, -0.05) is 38.5 Å². The lowest BCUT2D eigenvalue weighted by Crippen LogP contribution is -2.35. The van der Waals surface area contributed by atoms with E-state index in [4.69, 9.17) is 14.2 Å². The summed E-state index contributed by atoms with van der Waals surface area (Å²) in [5.74, 6) is 1.92. The lowest BCUT2D eigenvalue weighted by atomic mass is 10.2. The van der Waals surface area contributed by atoms with Gasteiger partial charge >= 0.3 is 0 Å².